The normalized spacial score (nSPS) is 18.5. The predicted octanol–water partition coefficient (Wildman–Crippen LogP) is 1.84. The van der Waals surface area contributed by atoms with Crippen LogP contribution in [0.15, 0.2) is 24.3 Å². The minimum Gasteiger partial charge on any atom is -0.487 e. The van der Waals surface area contributed by atoms with E-state index in [1.807, 2.05) is 38.1 Å². The Morgan fingerprint density at radius 2 is 2.29 bits per heavy atom. The Labute approximate surface area is 101 Å². The molecule has 1 heterocycles. The van der Waals surface area contributed by atoms with E-state index in [4.69, 9.17) is 9.47 Å². The fourth-order valence-corrected chi connectivity index (χ4v) is 1.89. The fourth-order valence-electron chi connectivity index (χ4n) is 1.89. The van der Waals surface area contributed by atoms with Gasteiger partial charge in [0, 0.05) is 6.61 Å². The van der Waals surface area contributed by atoms with Gasteiger partial charge < -0.3 is 14.4 Å². The second kappa shape index (κ2) is 5.19. The number of hydrogen-bond donors (Lipinski definition) is 0. The summed E-state index contributed by atoms with van der Waals surface area (Å²) >= 11 is 0. The first kappa shape index (κ1) is 11.9. The molecule has 1 atom stereocenters. The molecular formula is C13H17NO3. The largest absolute Gasteiger partial charge is 0.487 e. The number of para-hydroxylation sites is 2. The molecule has 0 fully saturated rings. The average molecular weight is 235 g/mol. The molecule has 0 saturated carbocycles. The van der Waals surface area contributed by atoms with Crippen molar-refractivity contribution in [1.29, 1.82) is 0 Å². The summed E-state index contributed by atoms with van der Waals surface area (Å²) in [5.74, 6) is 0.741. The van der Waals surface area contributed by atoms with Gasteiger partial charge in [-0.3, -0.25) is 4.79 Å². The zero-order chi connectivity index (χ0) is 12.3. The predicted molar refractivity (Wildman–Crippen MR) is 65.4 cm³/mol. The van der Waals surface area contributed by atoms with Crippen LogP contribution in [-0.2, 0) is 9.53 Å². The summed E-state index contributed by atoms with van der Waals surface area (Å²) < 4.78 is 10.8. The van der Waals surface area contributed by atoms with Crippen LogP contribution in [0.2, 0.25) is 0 Å². The van der Waals surface area contributed by atoms with Crippen LogP contribution in [0.5, 0.6) is 5.75 Å². The van der Waals surface area contributed by atoms with Crippen molar-refractivity contribution in [2.75, 3.05) is 24.7 Å². The lowest BCUT2D eigenvalue weighted by Gasteiger charge is -2.33. The molecule has 1 aromatic carbocycles. The van der Waals surface area contributed by atoms with Crippen molar-refractivity contribution >= 4 is 11.6 Å². The first-order valence-corrected chi connectivity index (χ1v) is 5.86. The number of fused-ring (bicyclic) bond motifs is 1. The Morgan fingerprint density at radius 1 is 1.53 bits per heavy atom. The Bertz CT molecular complexity index is 405. The molecule has 0 spiro atoms. The summed E-state index contributed by atoms with van der Waals surface area (Å²) in [6.07, 6.45) is 0.00970. The summed E-state index contributed by atoms with van der Waals surface area (Å²) in [5, 5.41) is 0. The summed E-state index contributed by atoms with van der Waals surface area (Å²) in [5.41, 5.74) is 0.829. The Hall–Kier alpha value is -1.55. The van der Waals surface area contributed by atoms with Crippen LogP contribution in [0, 0.1) is 0 Å². The van der Waals surface area contributed by atoms with Crippen molar-refractivity contribution in [2.45, 2.75) is 20.0 Å². The molecule has 0 bridgehead atoms. The van der Waals surface area contributed by atoms with Crippen molar-refractivity contribution in [3.05, 3.63) is 24.3 Å². The third-order valence-electron chi connectivity index (χ3n) is 2.65. The third kappa shape index (κ3) is 2.58. The Kier molecular flexibility index (Phi) is 3.64. The van der Waals surface area contributed by atoms with Gasteiger partial charge in [-0.05, 0) is 26.0 Å². The molecule has 0 aliphatic carbocycles. The molecule has 1 amide bonds. The summed E-state index contributed by atoms with van der Waals surface area (Å²) in [4.78, 5) is 13.7. The Balaban J connectivity index is 2.20. The molecule has 0 N–H and O–H groups in total. The number of benzene rings is 1. The molecule has 92 valence electrons. The minimum atomic E-state index is -0.0190. The standard InChI is InChI=1S/C13H17NO3/c1-3-16-9-13(15)14-8-10(2)17-12-7-5-4-6-11(12)14/h4-7,10H,3,8-9H2,1-2H3. The molecule has 4 nitrogen and oxygen atoms in total. The first-order chi connectivity index (χ1) is 8.22. The number of amides is 1. The van der Waals surface area contributed by atoms with E-state index in [9.17, 15) is 4.79 Å². The van der Waals surface area contributed by atoms with Crippen molar-refractivity contribution in [3.63, 3.8) is 0 Å². The van der Waals surface area contributed by atoms with Crippen molar-refractivity contribution < 1.29 is 14.3 Å². The zero-order valence-corrected chi connectivity index (χ0v) is 10.2. The summed E-state index contributed by atoms with van der Waals surface area (Å²) in [7, 11) is 0. The number of hydrogen-bond acceptors (Lipinski definition) is 3. The van der Waals surface area contributed by atoms with Crippen molar-refractivity contribution in [2.24, 2.45) is 0 Å². The van der Waals surface area contributed by atoms with Crippen LogP contribution < -0.4 is 9.64 Å². The van der Waals surface area contributed by atoms with Gasteiger partial charge in [0.2, 0.25) is 0 Å². The highest BCUT2D eigenvalue weighted by atomic mass is 16.5. The van der Waals surface area contributed by atoms with Gasteiger partial charge in [0.1, 0.15) is 18.5 Å². The molecule has 1 aliphatic rings. The van der Waals surface area contributed by atoms with Crippen LogP contribution in [0.25, 0.3) is 0 Å². The first-order valence-electron chi connectivity index (χ1n) is 5.86. The van der Waals surface area contributed by atoms with Gasteiger partial charge in [-0.1, -0.05) is 12.1 Å². The smallest absolute Gasteiger partial charge is 0.253 e. The summed E-state index contributed by atoms with van der Waals surface area (Å²) in [6, 6.07) is 7.58. The number of anilines is 1. The monoisotopic (exact) mass is 235 g/mol. The van der Waals surface area contributed by atoms with E-state index in [-0.39, 0.29) is 18.6 Å². The maximum atomic E-state index is 12.0. The zero-order valence-electron chi connectivity index (χ0n) is 10.2. The second-order valence-electron chi connectivity index (χ2n) is 4.04. The van der Waals surface area contributed by atoms with E-state index >= 15 is 0 Å². The topological polar surface area (TPSA) is 38.8 Å². The quantitative estimate of drug-likeness (QED) is 0.802. The number of nitrogens with zero attached hydrogens (tertiary/aromatic N) is 1. The number of ether oxygens (including phenoxy) is 2. The van der Waals surface area contributed by atoms with Crippen molar-refractivity contribution in [1.82, 2.24) is 0 Å². The minimum absolute atomic E-state index is 0.00970. The van der Waals surface area contributed by atoms with Gasteiger partial charge in [0.05, 0.1) is 12.2 Å². The van der Waals surface area contributed by atoms with Crippen LogP contribution >= 0.6 is 0 Å². The average Bonchev–Trinajstić information content (AvgIpc) is 2.34. The lowest BCUT2D eigenvalue weighted by Crippen LogP contribution is -2.43. The van der Waals surface area contributed by atoms with Crippen LogP contribution in [-0.4, -0.2) is 31.8 Å². The van der Waals surface area contributed by atoms with E-state index in [0.717, 1.165) is 11.4 Å². The molecule has 4 heteroatoms. The molecule has 0 radical (unpaired) electrons. The van der Waals surface area contributed by atoms with Crippen molar-refractivity contribution in [3.8, 4) is 5.75 Å². The number of rotatable bonds is 3. The highest BCUT2D eigenvalue weighted by Crippen LogP contribution is 2.32. The molecule has 2 rings (SSSR count). The van der Waals surface area contributed by atoms with Gasteiger partial charge in [-0.25, -0.2) is 0 Å². The summed E-state index contributed by atoms with van der Waals surface area (Å²) in [6.45, 7) is 5.08. The SMILES string of the molecule is CCOCC(=O)N1CC(C)Oc2ccccc21. The second-order valence-corrected chi connectivity index (χ2v) is 4.04. The lowest BCUT2D eigenvalue weighted by atomic mass is 10.2. The van der Waals surface area contributed by atoms with E-state index in [0.29, 0.717) is 13.2 Å². The van der Waals surface area contributed by atoms with E-state index < -0.39 is 0 Å². The Morgan fingerprint density at radius 3 is 3.06 bits per heavy atom. The molecule has 1 aromatic rings. The van der Waals surface area contributed by atoms with Gasteiger partial charge in [0.15, 0.2) is 0 Å². The van der Waals surface area contributed by atoms with E-state index in [1.165, 1.54) is 0 Å². The third-order valence-corrected chi connectivity index (χ3v) is 2.65. The molecule has 1 aliphatic heterocycles. The number of carbonyl (C=O) groups is 1. The van der Waals surface area contributed by atoms with E-state index in [1.54, 1.807) is 4.90 Å². The van der Waals surface area contributed by atoms with Crippen LogP contribution in [0.4, 0.5) is 5.69 Å². The molecule has 17 heavy (non-hydrogen) atoms. The highest BCUT2D eigenvalue weighted by molar-refractivity contribution is 5.96. The van der Waals surface area contributed by atoms with Gasteiger partial charge in [-0.2, -0.15) is 0 Å². The molecular weight excluding hydrogens is 218 g/mol. The maximum Gasteiger partial charge on any atom is 0.253 e. The number of carbonyl (C=O) groups excluding carboxylic acids is 1. The van der Waals surface area contributed by atoms with E-state index in [2.05, 4.69) is 0 Å². The van der Waals surface area contributed by atoms with Crippen LogP contribution in [0.1, 0.15) is 13.8 Å². The highest BCUT2D eigenvalue weighted by Gasteiger charge is 2.26. The lowest BCUT2D eigenvalue weighted by molar-refractivity contribution is -0.123. The van der Waals surface area contributed by atoms with Crippen LogP contribution in [0.3, 0.4) is 0 Å². The molecule has 1 unspecified atom stereocenters. The van der Waals surface area contributed by atoms with Gasteiger partial charge in [-0.15, -0.1) is 0 Å². The molecule has 0 saturated heterocycles. The maximum absolute atomic E-state index is 12.0. The van der Waals surface area contributed by atoms with Gasteiger partial charge >= 0.3 is 0 Å². The van der Waals surface area contributed by atoms with Gasteiger partial charge in [0.25, 0.3) is 5.91 Å². The fraction of sp³-hybridized carbons (Fsp3) is 0.462. The molecule has 0 aromatic heterocycles.